The Morgan fingerprint density at radius 3 is 1.31 bits per heavy atom. The summed E-state index contributed by atoms with van der Waals surface area (Å²) in [5, 5.41) is 9.66. The molecule has 2 N–H and O–H groups in total. The van der Waals surface area contributed by atoms with Crippen molar-refractivity contribution in [3.63, 3.8) is 0 Å². The summed E-state index contributed by atoms with van der Waals surface area (Å²) in [6.07, 6.45) is 7.75. The van der Waals surface area contributed by atoms with Gasteiger partial charge in [-0.1, -0.05) is 25.0 Å². The van der Waals surface area contributed by atoms with Gasteiger partial charge >= 0.3 is 12.2 Å². The molecular formula is C38H66N4O10. The minimum absolute atomic E-state index is 0.120. The number of carbonyl (C=O) groups excluding carboxylic acids is 2. The summed E-state index contributed by atoms with van der Waals surface area (Å²) >= 11 is 0. The van der Waals surface area contributed by atoms with Crippen LogP contribution in [0, 0.1) is 0 Å². The molecule has 298 valence electrons. The number of hydrogen-bond donors (Lipinski definition) is 2. The van der Waals surface area contributed by atoms with Crippen molar-refractivity contribution in [1.82, 2.24) is 20.8 Å². The third-order valence-electron chi connectivity index (χ3n) is 9.92. The number of nitrogens with one attached hydrogen (secondary N) is 2. The van der Waals surface area contributed by atoms with E-state index < -0.39 is 23.8 Å². The Balaban J connectivity index is 1.02. The van der Waals surface area contributed by atoms with Crippen LogP contribution in [0.1, 0.15) is 107 Å². The quantitative estimate of drug-likeness (QED) is 0.139. The average molecular weight is 739 g/mol. The third kappa shape index (κ3) is 11.1. The van der Waals surface area contributed by atoms with Gasteiger partial charge in [0.05, 0.1) is 26.4 Å². The maximum Gasteiger partial charge on any atom is 0.407 e. The van der Waals surface area contributed by atoms with Gasteiger partial charge in [-0.15, -0.1) is 13.2 Å². The summed E-state index contributed by atoms with van der Waals surface area (Å²) in [6.45, 7) is 27.2. The van der Waals surface area contributed by atoms with Crippen LogP contribution in [0.2, 0.25) is 0 Å². The van der Waals surface area contributed by atoms with E-state index in [1.165, 1.54) is 0 Å². The van der Waals surface area contributed by atoms with Crippen molar-refractivity contribution in [2.45, 2.75) is 153 Å². The van der Waals surface area contributed by atoms with Gasteiger partial charge in [0.2, 0.25) is 0 Å². The second-order valence-corrected chi connectivity index (χ2v) is 17.1. The van der Waals surface area contributed by atoms with Crippen molar-refractivity contribution in [2.75, 3.05) is 52.7 Å². The van der Waals surface area contributed by atoms with Crippen LogP contribution in [0.3, 0.4) is 0 Å². The van der Waals surface area contributed by atoms with E-state index in [1.54, 1.807) is 12.2 Å². The monoisotopic (exact) mass is 738 g/mol. The first-order chi connectivity index (χ1) is 24.4. The van der Waals surface area contributed by atoms with Gasteiger partial charge in [0.15, 0.2) is 11.6 Å². The molecule has 4 saturated heterocycles. The highest BCUT2D eigenvalue weighted by molar-refractivity contribution is 5.67. The average Bonchev–Trinajstić information content (AvgIpc) is 3.60. The maximum absolute atomic E-state index is 12.3. The van der Waals surface area contributed by atoms with Gasteiger partial charge in [-0.2, -0.15) is 10.1 Å². The van der Waals surface area contributed by atoms with E-state index in [2.05, 4.69) is 79.2 Å². The predicted octanol–water partition coefficient (Wildman–Crippen LogP) is 5.76. The minimum Gasteiger partial charge on any atom is -0.447 e. The number of nitrogens with zero attached hydrogens (tertiary/aromatic N) is 2. The number of unbranched alkanes of at least 4 members (excludes halogenated alkanes) is 3. The zero-order valence-corrected chi connectivity index (χ0v) is 33.0. The topological polar surface area (TPSA) is 139 Å². The van der Waals surface area contributed by atoms with E-state index in [0.717, 1.165) is 25.7 Å². The lowest BCUT2D eigenvalue weighted by Gasteiger charge is -2.56. The van der Waals surface area contributed by atoms with Crippen molar-refractivity contribution < 1.29 is 47.7 Å². The molecule has 0 radical (unpaired) electrons. The molecule has 4 rings (SSSR count). The number of hydroxylamine groups is 4. The Kier molecular flexibility index (Phi) is 14.2. The standard InChI is InChI=1S/C38H66N4O10/c1-11-19-49-41-33(3,4)25-37(26-34(41,5)6)47-23-29(51-37)21-45-31(43)39-17-15-13-14-16-18-40-32(44)46-22-30-24-48-38(52-30)27-35(7,8)42(50-20-12-2)36(9,10)28-38/h11-12,29-30H,1-2,13-28H2,3-10H3,(H,39,43)(H,40,44). The lowest BCUT2D eigenvalue weighted by molar-refractivity contribution is -0.334. The van der Waals surface area contributed by atoms with Gasteiger partial charge < -0.3 is 39.1 Å². The van der Waals surface area contributed by atoms with E-state index in [1.807, 2.05) is 10.1 Å². The molecule has 14 nitrogen and oxygen atoms in total. The molecule has 4 aliphatic heterocycles. The third-order valence-corrected chi connectivity index (χ3v) is 9.92. The number of piperidine rings is 2. The molecule has 0 aliphatic carbocycles. The van der Waals surface area contributed by atoms with Gasteiger partial charge in [0.25, 0.3) is 0 Å². The predicted molar refractivity (Wildman–Crippen MR) is 195 cm³/mol. The fourth-order valence-electron chi connectivity index (χ4n) is 8.83. The van der Waals surface area contributed by atoms with Crippen LogP contribution in [-0.4, -0.2) is 121 Å². The second kappa shape index (κ2) is 17.4. The molecule has 4 heterocycles. The molecule has 14 heteroatoms. The van der Waals surface area contributed by atoms with Gasteiger partial charge in [0, 0.05) is 60.9 Å². The van der Waals surface area contributed by atoms with Gasteiger partial charge in [-0.3, -0.25) is 9.68 Å². The molecule has 52 heavy (non-hydrogen) atoms. The van der Waals surface area contributed by atoms with Crippen LogP contribution in [0.25, 0.3) is 0 Å². The van der Waals surface area contributed by atoms with Crippen LogP contribution in [0.15, 0.2) is 25.3 Å². The summed E-state index contributed by atoms with van der Waals surface area (Å²) in [7, 11) is 0. The zero-order valence-electron chi connectivity index (χ0n) is 33.0. The van der Waals surface area contributed by atoms with Crippen LogP contribution >= 0.6 is 0 Å². The number of alkyl carbamates (subject to hydrolysis) is 2. The smallest absolute Gasteiger partial charge is 0.407 e. The number of hydrogen-bond acceptors (Lipinski definition) is 12. The first-order valence-electron chi connectivity index (χ1n) is 18.9. The molecule has 0 aromatic carbocycles. The van der Waals surface area contributed by atoms with Crippen molar-refractivity contribution in [2.24, 2.45) is 0 Å². The Labute approximate surface area is 311 Å². The van der Waals surface area contributed by atoms with E-state index in [4.69, 9.17) is 38.1 Å². The fourth-order valence-corrected chi connectivity index (χ4v) is 8.83. The summed E-state index contributed by atoms with van der Waals surface area (Å²) in [5.74, 6) is -1.51. The van der Waals surface area contributed by atoms with Crippen molar-refractivity contribution in [3.05, 3.63) is 25.3 Å². The first-order valence-corrected chi connectivity index (χ1v) is 18.9. The van der Waals surface area contributed by atoms with E-state index >= 15 is 0 Å². The molecule has 4 aliphatic rings. The molecule has 0 bridgehead atoms. The summed E-state index contributed by atoms with van der Waals surface area (Å²) in [5.41, 5.74) is -1.34. The van der Waals surface area contributed by atoms with Gasteiger partial charge in [-0.25, -0.2) is 9.59 Å². The number of ether oxygens (including phenoxy) is 6. The van der Waals surface area contributed by atoms with Crippen LogP contribution < -0.4 is 10.6 Å². The number of carbonyl (C=O) groups is 2. The van der Waals surface area contributed by atoms with Crippen molar-refractivity contribution in [1.29, 1.82) is 0 Å². The lowest BCUT2D eigenvalue weighted by atomic mass is 9.78. The Morgan fingerprint density at radius 1 is 0.635 bits per heavy atom. The van der Waals surface area contributed by atoms with Crippen molar-refractivity contribution >= 4 is 12.2 Å². The molecule has 2 spiro atoms. The molecule has 2 unspecified atom stereocenters. The molecule has 0 saturated carbocycles. The van der Waals surface area contributed by atoms with Crippen LogP contribution in [0.4, 0.5) is 9.59 Å². The molecule has 2 amide bonds. The first kappa shape index (κ1) is 42.4. The van der Waals surface area contributed by atoms with Gasteiger partial charge in [0.1, 0.15) is 25.4 Å². The minimum atomic E-state index is -0.755. The van der Waals surface area contributed by atoms with Crippen LogP contribution in [-0.2, 0) is 38.1 Å². The molecular weight excluding hydrogens is 672 g/mol. The van der Waals surface area contributed by atoms with E-state index in [-0.39, 0.29) is 47.6 Å². The Morgan fingerprint density at radius 2 is 0.981 bits per heavy atom. The van der Waals surface area contributed by atoms with E-state index in [0.29, 0.717) is 65.2 Å². The SMILES string of the molecule is C=CCON1C(C)(C)CC2(CC1(C)C)OCC(COC(=O)NCCCCCCNC(=O)OCC1COC3(CC(C)(C)N(OCC=C)C(C)(C)C3)O1)O2. The highest BCUT2D eigenvalue weighted by atomic mass is 16.8. The molecule has 4 fully saturated rings. The summed E-state index contributed by atoms with van der Waals surface area (Å²) < 4.78 is 36.0. The normalized spacial score (nSPS) is 26.9. The zero-order chi connectivity index (χ0) is 38.3. The maximum atomic E-state index is 12.3. The van der Waals surface area contributed by atoms with E-state index in [9.17, 15) is 9.59 Å². The summed E-state index contributed by atoms with van der Waals surface area (Å²) in [6, 6.07) is 0. The van der Waals surface area contributed by atoms with Crippen molar-refractivity contribution in [3.8, 4) is 0 Å². The molecule has 0 aromatic heterocycles. The Bertz CT molecular complexity index is 1100. The Hall–Kier alpha value is -2.30. The number of rotatable bonds is 17. The summed E-state index contributed by atoms with van der Waals surface area (Å²) in [4.78, 5) is 36.7. The number of amides is 2. The largest absolute Gasteiger partial charge is 0.447 e. The lowest BCUT2D eigenvalue weighted by Crippen LogP contribution is -2.65. The second-order valence-electron chi connectivity index (χ2n) is 17.1. The molecule has 0 aromatic rings. The highest BCUT2D eigenvalue weighted by Gasteiger charge is 2.59. The highest BCUT2D eigenvalue weighted by Crippen LogP contribution is 2.49. The van der Waals surface area contributed by atoms with Crippen LogP contribution in [0.5, 0.6) is 0 Å². The van der Waals surface area contributed by atoms with Gasteiger partial charge in [-0.05, 0) is 68.2 Å². The fraction of sp³-hybridized carbons (Fsp3) is 0.842. The molecule has 2 atom stereocenters.